The number of methoxy groups -OCH3 is 1. The van der Waals surface area contributed by atoms with Gasteiger partial charge in [-0.3, -0.25) is 4.98 Å². The SMILES string of the molecule is COc1ccccc1CCNCCc1nc2c(NCc3ncccc3F)ncnc2s1. The van der Waals surface area contributed by atoms with Gasteiger partial charge in [0.2, 0.25) is 0 Å². The standard InChI is InChI=1S/C22H23FN6OS/c1-30-18-7-3-2-5-15(18)8-11-24-12-9-19-29-20-21(27-14-28-22(20)31-19)26-13-17-16(23)6-4-10-25-17/h2-7,10,14,24H,8-9,11-13H2,1H3,(H,26,27,28). The smallest absolute Gasteiger partial charge is 0.157 e. The fourth-order valence-corrected chi connectivity index (χ4v) is 4.11. The zero-order chi connectivity index (χ0) is 21.5. The summed E-state index contributed by atoms with van der Waals surface area (Å²) in [6.07, 6.45) is 4.75. The Morgan fingerprint density at radius 1 is 1.03 bits per heavy atom. The summed E-state index contributed by atoms with van der Waals surface area (Å²) in [6.45, 7) is 1.90. The van der Waals surface area contributed by atoms with Crippen molar-refractivity contribution in [3.63, 3.8) is 0 Å². The molecule has 0 aliphatic heterocycles. The number of thiazole rings is 1. The highest BCUT2D eigenvalue weighted by atomic mass is 32.1. The Balaban J connectivity index is 1.32. The zero-order valence-electron chi connectivity index (χ0n) is 17.1. The molecule has 0 saturated heterocycles. The molecule has 4 aromatic rings. The van der Waals surface area contributed by atoms with Gasteiger partial charge in [0, 0.05) is 19.2 Å². The molecule has 0 aliphatic carbocycles. The third-order valence-electron chi connectivity index (χ3n) is 4.78. The number of rotatable bonds is 10. The van der Waals surface area contributed by atoms with Crippen LogP contribution in [0.25, 0.3) is 10.3 Å². The first-order valence-electron chi connectivity index (χ1n) is 10.0. The van der Waals surface area contributed by atoms with Gasteiger partial charge in [-0.15, -0.1) is 0 Å². The van der Waals surface area contributed by atoms with E-state index in [1.807, 2.05) is 18.2 Å². The van der Waals surface area contributed by atoms with Crippen LogP contribution in [0.2, 0.25) is 0 Å². The molecule has 0 amide bonds. The van der Waals surface area contributed by atoms with E-state index < -0.39 is 0 Å². The molecule has 9 heteroatoms. The molecule has 0 aliphatic rings. The highest BCUT2D eigenvalue weighted by molar-refractivity contribution is 7.18. The molecule has 7 nitrogen and oxygen atoms in total. The van der Waals surface area contributed by atoms with Gasteiger partial charge in [-0.2, -0.15) is 0 Å². The van der Waals surface area contributed by atoms with Crippen molar-refractivity contribution in [2.75, 3.05) is 25.5 Å². The number of anilines is 1. The Labute approximate surface area is 183 Å². The van der Waals surface area contributed by atoms with Crippen molar-refractivity contribution in [2.24, 2.45) is 0 Å². The molecule has 160 valence electrons. The Morgan fingerprint density at radius 2 is 1.90 bits per heavy atom. The van der Waals surface area contributed by atoms with Gasteiger partial charge in [0.05, 0.1) is 24.4 Å². The first-order valence-corrected chi connectivity index (χ1v) is 10.8. The maximum atomic E-state index is 13.8. The van der Waals surface area contributed by atoms with Crippen molar-refractivity contribution < 1.29 is 9.13 Å². The minimum atomic E-state index is -0.349. The molecule has 0 bridgehead atoms. The lowest BCUT2D eigenvalue weighted by Gasteiger charge is -2.08. The second-order valence-electron chi connectivity index (χ2n) is 6.83. The lowest BCUT2D eigenvalue weighted by atomic mass is 10.1. The highest BCUT2D eigenvalue weighted by Crippen LogP contribution is 2.25. The van der Waals surface area contributed by atoms with E-state index >= 15 is 0 Å². The summed E-state index contributed by atoms with van der Waals surface area (Å²) in [5, 5.41) is 7.56. The maximum absolute atomic E-state index is 13.8. The molecule has 0 saturated carbocycles. The second kappa shape index (κ2) is 10.2. The quantitative estimate of drug-likeness (QED) is 0.366. The van der Waals surface area contributed by atoms with Crippen LogP contribution in [-0.4, -0.2) is 40.1 Å². The van der Waals surface area contributed by atoms with Crippen molar-refractivity contribution in [3.8, 4) is 5.75 Å². The van der Waals surface area contributed by atoms with Gasteiger partial charge < -0.3 is 15.4 Å². The molecule has 1 aromatic carbocycles. The van der Waals surface area contributed by atoms with Gasteiger partial charge in [-0.1, -0.05) is 29.5 Å². The summed E-state index contributed by atoms with van der Waals surface area (Å²) in [5.41, 5.74) is 2.23. The topological polar surface area (TPSA) is 84.9 Å². The number of fused-ring (bicyclic) bond motifs is 1. The van der Waals surface area contributed by atoms with E-state index in [-0.39, 0.29) is 12.4 Å². The van der Waals surface area contributed by atoms with Gasteiger partial charge in [-0.05, 0) is 36.7 Å². The van der Waals surface area contributed by atoms with E-state index in [0.29, 0.717) is 17.0 Å². The molecule has 0 unspecified atom stereocenters. The number of aromatic nitrogens is 4. The summed E-state index contributed by atoms with van der Waals surface area (Å²) in [6, 6.07) is 11.0. The maximum Gasteiger partial charge on any atom is 0.157 e. The summed E-state index contributed by atoms with van der Waals surface area (Å²) in [5.74, 6) is 1.15. The van der Waals surface area contributed by atoms with Crippen molar-refractivity contribution in [1.29, 1.82) is 0 Å². The molecule has 0 spiro atoms. The third-order valence-corrected chi connectivity index (χ3v) is 5.80. The van der Waals surface area contributed by atoms with Crippen LogP contribution in [0.4, 0.5) is 10.2 Å². The number of nitrogens with zero attached hydrogens (tertiary/aromatic N) is 4. The number of benzene rings is 1. The normalized spacial score (nSPS) is 11.0. The Morgan fingerprint density at radius 3 is 2.77 bits per heavy atom. The van der Waals surface area contributed by atoms with E-state index in [0.717, 1.165) is 41.5 Å². The van der Waals surface area contributed by atoms with Gasteiger partial charge in [0.1, 0.15) is 28.2 Å². The number of hydrogen-bond acceptors (Lipinski definition) is 8. The van der Waals surface area contributed by atoms with E-state index in [9.17, 15) is 4.39 Å². The number of para-hydroxylation sites is 1. The molecule has 4 rings (SSSR count). The Kier molecular flexibility index (Phi) is 6.96. The van der Waals surface area contributed by atoms with Gasteiger partial charge >= 0.3 is 0 Å². The zero-order valence-corrected chi connectivity index (χ0v) is 18.0. The number of hydrogen-bond donors (Lipinski definition) is 2. The summed E-state index contributed by atoms with van der Waals surface area (Å²) in [7, 11) is 1.69. The number of pyridine rings is 1. The van der Waals surface area contributed by atoms with Crippen molar-refractivity contribution in [2.45, 2.75) is 19.4 Å². The molecule has 0 atom stereocenters. The highest BCUT2D eigenvalue weighted by Gasteiger charge is 2.11. The molecular formula is C22H23FN6OS. The average molecular weight is 439 g/mol. The second-order valence-corrected chi connectivity index (χ2v) is 7.89. The van der Waals surface area contributed by atoms with Crippen LogP contribution in [-0.2, 0) is 19.4 Å². The minimum Gasteiger partial charge on any atom is -0.496 e. The monoisotopic (exact) mass is 438 g/mol. The third kappa shape index (κ3) is 5.31. The molecule has 2 N–H and O–H groups in total. The van der Waals surface area contributed by atoms with Crippen LogP contribution in [0.1, 0.15) is 16.3 Å². The fourth-order valence-electron chi connectivity index (χ4n) is 3.20. The van der Waals surface area contributed by atoms with Crippen molar-refractivity contribution >= 4 is 27.5 Å². The summed E-state index contributed by atoms with van der Waals surface area (Å²) >= 11 is 1.54. The molecule has 0 fully saturated rings. The van der Waals surface area contributed by atoms with Crippen LogP contribution < -0.4 is 15.4 Å². The van der Waals surface area contributed by atoms with E-state index in [1.54, 1.807) is 30.7 Å². The first-order chi connectivity index (χ1) is 15.2. The molecule has 3 heterocycles. The van der Waals surface area contributed by atoms with Crippen molar-refractivity contribution in [3.05, 3.63) is 71.0 Å². The van der Waals surface area contributed by atoms with Crippen LogP contribution in [0, 0.1) is 5.82 Å². The van der Waals surface area contributed by atoms with Crippen LogP contribution in [0.5, 0.6) is 5.75 Å². The number of halogens is 1. The summed E-state index contributed by atoms with van der Waals surface area (Å²) < 4.78 is 19.2. The van der Waals surface area contributed by atoms with Gasteiger partial charge in [-0.25, -0.2) is 19.3 Å². The lowest BCUT2D eigenvalue weighted by molar-refractivity contribution is 0.409. The largest absolute Gasteiger partial charge is 0.496 e. The van der Waals surface area contributed by atoms with Crippen molar-refractivity contribution in [1.82, 2.24) is 25.3 Å². The van der Waals surface area contributed by atoms with Crippen LogP contribution in [0.3, 0.4) is 0 Å². The lowest BCUT2D eigenvalue weighted by Crippen LogP contribution is -2.20. The van der Waals surface area contributed by atoms with E-state index in [1.165, 1.54) is 18.0 Å². The van der Waals surface area contributed by atoms with Gasteiger partial charge in [0.15, 0.2) is 5.82 Å². The van der Waals surface area contributed by atoms with Crippen LogP contribution >= 0.6 is 11.3 Å². The predicted octanol–water partition coefficient (Wildman–Crippen LogP) is 3.62. The number of nitrogens with one attached hydrogen (secondary N) is 2. The van der Waals surface area contributed by atoms with E-state index in [4.69, 9.17) is 4.74 Å². The first kappa shape index (κ1) is 21.1. The van der Waals surface area contributed by atoms with Gasteiger partial charge in [0.25, 0.3) is 0 Å². The van der Waals surface area contributed by atoms with Crippen LogP contribution in [0.15, 0.2) is 48.9 Å². The molecular weight excluding hydrogens is 415 g/mol. The van der Waals surface area contributed by atoms with E-state index in [2.05, 4.69) is 36.6 Å². The minimum absolute atomic E-state index is 0.232. The number of ether oxygens (including phenoxy) is 1. The molecule has 3 aromatic heterocycles. The predicted molar refractivity (Wildman–Crippen MR) is 120 cm³/mol. The molecule has 31 heavy (non-hydrogen) atoms. The average Bonchev–Trinajstić information content (AvgIpc) is 3.22. The Bertz CT molecular complexity index is 1150. The Hall–Kier alpha value is -3.17. The molecule has 0 radical (unpaired) electrons. The summed E-state index contributed by atoms with van der Waals surface area (Å²) in [4.78, 5) is 18.1. The fraction of sp³-hybridized carbons (Fsp3) is 0.273.